The zero-order valence-corrected chi connectivity index (χ0v) is 17.9. The molecule has 0 aliphatic carbocycles. The third kappa shape index (κ3) is 6.64. The molecule has 0 atom stereocenters. The second-order valence-electron chi connectivity index (χ2n) is 7.29. The number of anilines is 1. The van der Waals surface area contributed by atoms with E-state index in [0.717, 1.165) is 17.0 Å². The minimum absolute atomic E-state index is 0.0290. The van der Waals surface area contributed by atoms with Crippen LogP contribution in [0.15, 0.2) is 40.8 Å². The molecule has 2 aromatic rings. The van der Waals surface area contributed by atoms with E-state index >= 15 is 0 Å². The summed E-state index contributed by atoms with van der Waals surface area (Å²) < 4.78 is 10.7. The lowest BCUT2D eigenvalue weighted by atomic mass is 10.2. The molecule has 0 fully saturated rings. The van der Waals surface area contributed by atoms with Crippen molar-refractivity contribution in [3.8, 4) is 0 Å². The summed E-state index contributed by atoms with van der Waals surface area (Å²) in [6.45, 7) is 8.70. The number of amides is 3. The van der Waals surface area contributed by atoms with Crippen LogP contribution >= 0.6 is 0 Å². The Kier molecular flexibility index (Phi) is 8.27. The standard InChI is InChI=1S/C22H31N3O4/c1-16(2)25(22(27)23-20-9-7-6-8-17(20)3)15-21(26)24(12-13-28-5)14-19-11-10-18(4)29-19/h6-11,16H,12-15H2,1-5H3,(H,23,27). The molecule has 0 radical (unpaired) electrons. The number of aryl methyl sites for hydroxylation is 2. The van der Waals surface area contributed by atoms with Crippen LogP contribution in [0.5, 0.6) is 0 Å². The topological polar surface area (TPSA) is 75.0 Å². The summed E-state index contributed by atoms with van der Waals surface area (Å²) >= 11 is 0. The maximum Gasteiger partial charge on any atom is 0.322 e. The molecule has 2 rings (SSSR count). The van der Waals surface area contributed by atoms with Gasteiger partial charge in [-0.3, -0.25) is 4.79 Å². The third-order valence-electron chi connectivity index (χ3n) is 4.64. The van der Waals surface area contributed by atoms with Crippen LogP contribution < -0.4 is 5.32 Å². The minimum Gasteiger partial charge on any atom is -0.464 e. The van der Waals surface area contributed by atoms with Gasteiger partial charge in [0.25, 0.3) is 0 Å². The lowest BCUT2D eigenvalue weighted by Gasteiger charge is -2.30. The molecule has 158 valence electrons. The number of furan rings is 1. The van der Waals surface area contributed by atoms with Gasteiger partial charge in [-0.05, 0) is 51.5 Å². The Morgan fingerprint density at radius 1 is 1.14 bits per heavy atom. The summed E-state index contributed by atoms with van der Waals surface area (Å²) in [5, 5.41) is 2.91. The quantitative estimate of drug-likeness (QED) is 0.693. The van der Waals surface area contributed by atoms with Crippen LogP contribution in [-0.4, -0.2) is 54.6 Å². The largest absolute Gasteiger partial charge is 0.464 e. The molecule has 1 aromatic carbocycles. The molecule has 0 bridgehead atoms. The van der Waals surface area contributed by atoms with Crippen molar-refractivity contribution in [2.24, 2.45) is 0 Å². The first kappa shape index (κ1) is 22.5. The van der Waals surface area contributed by atoms with Crippen molar-refractivity contribution in [2.75, 3.05) is 32.1 Å². The van der Waals surface area contributed by atoms with E-state index in [1.165, 1.54) is 4.90 Å². The Labute approximate surface area is 172 Å². The van der Waals surface area contributed by atoms with Crippen molar-refractivity contribution in [2.45, 2.75) is 40.3 Å². The number of rotatable bonds is 9. The van der Waals surface area contributed by atoms with Gasteiger partial charge in [0.15, 0.2) is 0 Å². The van der Waals surface area contributed by atoms with E-state index in [2.05, 4.69) is 5.32 Å². The van der Waals surface area contributed by atoms with Crippen molar-refractivity contribution in [3.63, 3.8) is 0 Å². The van der Waals surface area contributed by atoms with Crippen LogP contribution in [0.2, 0.25) is 0 Å². The summed E-state index contributed by atoms with van der Waals surface area (Å²) in [7, 11) is 1.59. The molecular weight excluding hydrogens is 370 g/mol. The number of carbonyl (C=O) groups is 2. The first-order chi connectivity index (χ1) is 13.8. The number of benzene rings is 1. The number of hydrogen-bond acceptors (Lipinski definition) is 4. The van der Waals surface area contributed by atoms with Gasteiger partial charge in [0.2, 0.25) is 5.91 Å². The predicted molar refractivity (Wildman–Crippen MR) is 113 cm³/mol. The second kappa shape index (κ2) is 10.7. The van der Waals surface area contributed by atoms with Gasteiger partial charge in [-0.15, -0.1) is 0 Å². The highest BCUT2D eigenvalue weighted by molar-refractivity contribution is 5.93. The highest BCUT2D eigenvalue weighted by Gasteiger charge is 2.24. The molecule has 0 saturated heterocycles. The van der Waals surface area contributed by atoms with Gasteiger partial charge in [-0.2, -0.15) is 0 Å². The fourth-order valence-corrected chi connectivity index (χ4v) is 2.89. The SMILES string of the molecule is COCCN(Cc1ccc(C)o1)C(=O)CN(C(=O)Nc1ccccc1C)C(C)C. The second-order valence-corrected chi connectivity index (χ2v) is 7.29. The zero-order valence-electron chi connectivity index (χ0n) is 17.9. The fourth-order valence-electron chi connectivity index (χ4n) is 2.89. The maximum absolute atomic E-state index is 13.0. The van der Waals surface area contributed by atoms with Crippen LogP contribution in [0.25, 0.3) is 0 Å². The van der Waals surface area contributed by atoms with Gasteiger partial charge >= 0.3 is 6.03 Å². The van der Waals surface area contributed by atoms with Gasteiger partial charge in [-0.1, -0.05) is 18.2 Å². The molecule has 29 heavy (non-hydrogen) atoms. The summed E-state index contributed by atoms with van der Waals surface area (Å²) in [5.41, 5.74) is 1.70. The Morgan fingerprint density at radius 2 is 1.86 bits per heavy atom. The first-order valence-electron chi connectivity index (χ1n) is 9.77. The Morgan fingerprint density at radius 3 is 2.45 bits per heavy atom. The summed E-state index contributed by atoms with van der Waals surface area (Å²) in [4.78, 5) is 29.0. The first-order valence-corrected chi connectivity index (χ1v) is 9.77. The van der Waals surface area contributed by atoms with E-state index in [4.69, 9.17) is 9.15 Å². The number of para-hydroxylation sites is 1. The van der Waals surface area contributed by atoms with Crippen molar-refractivity contribution >= 4 is 17.6 Å². The van der Waals surface area contributed by atoms with Crippen LogP contribution in [0.3, 0.4) is 0 Å². The maximum atomic E-state index is 13.0. The molecule has 1 aromatic heterocycles. The molecule has 0 spiro atoms. The molecule has 7 heteroatoms. The van der Waals surface area contributed by atoms with Gasteiger partial charge in [-0.25, -0.2) is 4.79 Å². The lowest BCUT2D eigenvalue weighted by Crippen LogP contribution is -2.47. The van der Waals surface area contributed by atoms with Gasteiger partial charge in [0.1, 0.15) is 18.1 Å². The minimum atomic E-state index is -0.303. The average molecular weight is 402 g/mol. The number of ether oxygens (including phenoxy) is 1. The molecule has 0 saturated carbocycles. The summed E-state index contributed by atoms with van der Waals surface area (Å²) in [6, 6.07) is 10.8. The molecule has 1 N–H and O–H groups in total. The smallest absolute Gasteiger partial charge is 0.322 e. The van der Waals surface area contributed by atoms with Gasteiger partial charge in [0.05, 0.1) is 13.2 Å². The molecule has 0 unspecified atom stereocenters. The number of methoxy groups -OCH3 is 1. The summed E-state index contributed by atoms with van der Waals surface area (Å²) in [5.74, 6) is 1.33. The van der Waals surface area contributed by atoms with Crippen molar-refractivity contribution in [1.82, 2.24) is 9.80 Å². The molecule has 3 amide bonds. The molecule has 0 aliphatic heterocycles. The van der Waals surface area contributed by atoms with Gasteiger partial charge < -0.3 is 24.3 Å². The van der Waals surface area contributed by atoms with Crippen LogP contribution in [0.4, 0.5) is 10.5 Å². The van der Waals surface area contributed by atoms with Crippen LogP contribution in [0.1, 0.15) is 30.9 Å². The molecule has 1 heterocycles. The molecular formula is C22H31N3O4. The highest BCUT2D eigenvalue weighted by Crippen LogP contribution is 2.15. The van der Waals surface area contributed by atoms with Crippen molar-refractivity contribution in [3.05, 3.63) is 53.5 Å². The number of nitrogens with one attached hydrogen (secondary N) is 1. The Bertz CT molecular complexity index is 816. The number of urea groups is 1. The van der Waals surface area contributed by atoms with E-state index in [1.54, 1.807) is 12.0 Å². The van der Waals surface area contributed by atoms with Crippen LogP contribution in [0, 0.1) is 13.8 Å². The van der Waals surface area contributed by atoms with E-state index in [9.17, 15) is 9.59 Å². The van der Waals surface area contributed by atoms with Crippen LogP contribution in [-0.2, 0) is 16.1 Å². The Hall–Kier alpha value is -2.80. The van der Waals surface area contributed by atoms with E-state index < -0.39 is 0 Å². The number of nitrogens with zero attached hydrogens (tertiary/aromatic N) is 2. The normalized spacial score (nSPS) is 10.8. The monoisotopic (exact) mass is 401 g/mol. The zero-order chi connectivity index (χ0) is 21.4. The van der Waals surface area contributed by atoms with E-state index in [1.807, 2.05) is 64.1 Å². The fraction of sp³-hybridized carbons (Fsp3) is 0.455. The van der Waals surface area contributed by atoms with E-state index in [-0.39, 0.29) is 24.5 Å². The predicted octanol–water partition coefficient (Wildman–Crippen LogP) is 3.81. The number of hydrogen-bond donors (Lipinski definition) is 1. The van der Waals surface area contributed by atoms with Crippen molar-refractivity contribution < 1.29 is 18.7 Å². The van der Waals surface area contributed by atoms with E-state index in [0.29, 0.717) is 25.5 Å². The van der Waals surface area contributed by atoms with Gasteiger partial charge in [0, 0.05) is 25.4 Å². The summed E-state index contributed by atoms with van der Waals surface area (Å²) in [6.07, 6.45) is 0. The Balaban J connectivity index is 2.09. The lowest BCUT2D eigenvalue weighted by molar-refractivity contribution is -0.133. The average Bonchev–Trinajstić information content (AvgIpc) is 3.09. The van der Waals surface area contributed by atoms with Crippen molar-refractivity contribution in [1.29, 1.82) is 0 Å². The highest BCUT2D eigenvalue weighted by atomic mass is 16.5. The molecule has 0 aliphatic rings. The molecule has 7 nitrogen and oxygen atoms in total. The number of carbonyl (C=O) groups excluding carboxylic acids is 2. The third-order valence-corrected chi connectivity index (χ3v) is 4.64.